The molecular formula is C17H28N4O4S. The summed E-state index contributed by atoms with van der Waals surface area (Å²) < 4.78 is 28.3. The normalized spacial score (nSPS) is 20.1. The number of ether oxygens (including phenoxy) is 1. The summed E-state index contributed by atoms with van der Waals surface area (Å²) >= 11 is 0. The molecule has 8 nitrogen and oxygen atoms in total. The average molecular weight is 385 g/mol. The first-order valence-corrected chi connectivity index (χ1v) is 10.1. The van der Waals surface area contributed by atoms with Gasteiger partial charge in [0.2, 0.25) is 0 Å². The van der Waals surface area contributed by atoms with E-state index in [2.05, 4.69) is 10.3 Å². The molecule has 1 fully saturated rings. The second-order valence-corrected chi connectivity index (χ2v) is 9.77. The third-order valence-electron chi connectivity index (χ3n) is 4.16. The van der Waals surface area contributed by atoms with E-state index in [1.165, 1.54) is 6.07 Å². The molecule has 26 heavy (non-hydrogen) atoms. The predicted octanol–water partition coefficient (Wildman–Crippen LogP) is 2.18. The van der Waals surface area contributed by atoms with E-state index in [0.29, 0.717) is 18.9 Å². The number of anilines is 1. The maximum atomic E-state index is 12.4. The van der Waals surface area contributed by atoms with Crippen molar-refractivity contribution < 1.29 is 17.9 Å². The van der Waals surface area contributed by atoms with Crippen molar-refractivity contribution in [3.63, 3.8) is 0 Å². The van der Waals surface area contributed by atoms with Crippen LogP contribution in [-0.4, -0.2) is 48.6 Å². The molecule has 2 rings (SSSR count). The lowest BCUT2D eigenvalue weighted by atomic mass is 9.96. The van der Waals surface area contributed by atoms with Crippen molar-refractivity contribution in [2.75, 3.05) is 18.4 Å². The summed E-state index contributed by atoms with van der Waals surface area (Å²) in [5, 5.41) is 8.06. The van der Waals surface area contributed by atoms with Crippen LogP contribution in [0.4, 0.5) is 10.6 Å². The lowest BCUT2D eigenvalue weighted by molar-refractivity contribution is 0.0131. The molecule has 1 saturated heterocycles. The van der Waals surface area contributed by atoms with Crippen molar-refractivity contribution in [1.82, 2.24) is 9.88 Å². The highest BCUT2D eigenvalue weighted by atomic mass is 32.2. The van der Waals surface area contributed by atoms with Crippen LogP contribution < -0.4 is 10.5 Å². The van der Waals surface area contributed by atoms with Gasteiger partial charge in [0.05, 0.1) is 0 Å². The Hall–Kier alpha value is -1.87. The predicted molar refractivity (Wildman–Crippen MR) is 99.2 cm³/mol. The van der Waals surface area contributed by atoms with Gasteiger partial charge in [0, 0.05) is 18.6 Å². The first-order chi connectivity index (χ1) is 11.8. The molecule has 1 atom stereocenters. The van der Waals surface area contributed by atoms with E-state index in [1.807, 2.05) is 34.6 Å². The SMILES string of the molecule is CC(C)(C)OC(=O)N1CC(CNc2cccc(S(N)(=O)=O)n2)CC1(C)C. The zero-order valence-corrected chi connectivity index (χ0v) is 16.8. The number of sulfonamides is 1. The molecule has 0 aromatic carbocycles. The number of likely N-dealkylation sites (tertiary alicyclic amines) is 1. The monoisotopic (exact) mass is 384 g/mol. The molecule has 1 unspecified atom stereocenters. The largest absolute Gasteiger partial charge is 0.444 e. The maximum Gasteiger partial charge on any atom is 0.410 e. The summed E-state index contributed by atoms with van der Waals surface area (Å²) in [6, 6.07) is 4.62. The van der Waals surface area contributed by atoms with Crippen molar-refractivity contribution in [2.45, 2.75) is 57.2 Å². The average Bonchev–Trinajstić information content (AvgIpc) is 2.78. The first-order valence-electron chi connectivity index (χ1n) is 8.52. The van der Waals surface area contributed by atoms with Crippen LogP contribution in [-0.2, 0) is 14.8 Å². The number of nitrogens with zero attached hydrogens (tertiary/aromatic N) is 2. The summed E-state index contributed by atoms with van der Waals surface area (Å²) in [6.07, 6.45) is 0.480. The van der Waals surface area contributed by atoms with Crippen LogP contribution in [0.25, 0.3) is 0 Å². The summed E-state index contributed by atoms with van der Waals surface area (Å²) in [7, 11) is -3.84. The number of nitrogens with two attached hydrogens (primary N) is 1. The molecule has 146 valence electrons. The fourth-order valence-electron chi connectivity index (χ4n) is 3.08. The minimum atomic E-state index is -3.84. The van der Waals surface area contributed by atoms with Crippen molar-refractivity contribution >= 4 is 21.9 Å². The van der Waals surface area contributed by atoms with Crippen LogP contribution in [0.3, 0.4) is 0 Å². The van der Waals surface area contributed by atoms with E-state index in [0.717, 1.165) is 6.42 Å². The van der Waals surface area contributed by atoms with Gasteiger partial charge >= 0.3 is 6.09 Å². The van der Waals surface area contributed by atoms with E-state index in [9.17, 15) is 13.2 Å². The van der Waals surface area contributed by atoms with Gasteiger partial charge in [-0.2, -0.15) is 0 Å². The van der Waals surface area contributed by atoms with Crippen molar-refractivity contribution in [3.8, 4) is 0 Å². The van der Waals surface area contributed by atoms with E-state index in [-0.39, 0.29) is 22.6 Å². The Morgan fingerprint density at radius 2 is 2.08 bits per heavy atom. The van der Waals surface area contributed by atoms with Gasteiger partial charge < -0.3 is 15.0 Å². The topological polar surface area (TPSA) is 115 Å². The number of carbonyl (C=O) groups is 1. The van der Waals surface area contributed by atoms with E-state index in [4.69, 9.17) is 9.88 Å². The number of rotatable bonds is 4. The highest BCUT2D eigenvalue weighted by Gasteiger charge is 2.42. The minimum absolute atomic E-state index is 0.176. The zero-order valence-electron chi connectivity index (χ0n) is 15.9. The number of nitrogens with one attached hydrogen (secondary N) is 1. The van der Waals surface area contributed by atoms with Gasteiger partial charge in [0.15, 0.2) is 5.03 Å². The molecule has 0 bridgehead atoms. The third-order valence-corrected chi connectivity index (χ3v) is 4.97. The van der Waals surface area contributed by atoms with Crippen molar-refractivity contribution in [3.05, 3.63) is 18.2 Å². The number of amides is 1. The van der Waals surface area contributed by atoms with Gasteiger partial charge in [-0.1, -0.05) is 6.07 Å². The standard InChI is InChI=1S/C17H28N4O4S/c1-16(2,3)25-15(22)21-11-12(9-17(21,4)5)10-19-13-7-6-8-14(20-13)26(18,23)24/h6-8,12H,9-11H2,1-5H3,(H,19,20)(H2,18,23,24). The maximum absolute atomic E-state index is 12.4. The minimum Gasteiger partial charge on any atom is -0.444 e. The second-order valence-electron chi connectivity index (χ2n) is 8.26. The number of primary sulfonamides is 1. The third kappa shape index (κ3) is 5.31. The van der Waals surface area contributed by atoms with Crippen LogP contribution in [0.15, 0.2) is 23.2 Å². The van der Waals surface area contributed by atoms with E-state index < -0.39 is 15.6 Å². The van der Waals surface area contributed by atoms with Gasteiger partial charge in [0.25, 0.3) is 10.0 Å². The fraction of sp³-hybridized carbons (Fsp3) is 0.647. The van der Waals surface area contributed by atoms with Gasteiger partial charge in [-0.25, -0.2) is 23.3 Å². The van der Waals surface area contributed by atoms with Gasteiger partial charge in [0.1, 0.15) is 11.4 Å². The number of aromatic nitrogens is 1. The Kier molecular flexibility index (Phi) is 5.53. The summed E-state index contributed by atoms with van der Waals surface area (Å²) in [6.45, 7) is 10.7. The summed E-state index contributed by atoms with van der Waals surface area (Å²) in [5.74, 6) is 0.627. The number of hydrogen-bond donors (Lipinski definition) is 2. The highest BCUT2D eigenvalue weighted by molar-refractivity contribution is 7.89. The molecule has 0 aliphatic carbocycles. The number of carbonyl (C=O) groups excluding carboxylic acids is 1. The molecule has 1 aliphatic heterocycles. The molecule has 9 heteroatoms. The molecule has 1 aromatic rings. The first kappa shape index (κ1) is 20.4. The zero-order chi connectivity index (χ0) is 19.8. The Balaban J connectivity index is 2.01. The van der Waals surface area contributed by atoms with Crippen LogP contribution >= 0.6 is 0 Å². The second kappa shape index (κ2) is 7.03. The molecule has 3 N–H and O–H groups in total. The van der Waals surface area contributed by atoms with Gasteiger partial charge in [-0.3, -0.25) is 0 Å². The quantitative estimate of drug-likeness (QED) is 0.822. The molecule has 1 aromatic heterocycles. The van der Waals surface area contributed by atoms with Crippen LogP contribution in [0.1, 0.15) is 41.0 Å². The van der Waals surface area contributed by atoms with Crippen molar-refractivity contribution in [1.29, 1.82) is 0 Å². The lowest BCUT2D eigenvalue weighted by Crippen LogP contribution is -2.45. The van der Waals surface area contributed by atoms with Crippen molar-refractivity contribution in [2.24, 2.45) is 11.1 Å². The molecule has 1 amide bonds. The lowest BCUT2D eigenvalue weighted by Gasteiger charge is -2.33. The fourth-order valence-corrected chi connectivity index (χ4v) is 3.58. The summed E-state index contributed by atoms with van der Waals surface area (Å²) in [4.78, 5) is 18.2. The Morgan fingerprint density at radius 3 is 2.65 bits per heavy atom. The molecule has 0 spiro atoms. The number of hydrogen-bond acceptors (Lipinski definition) is 6. The van der Waals surface area contributed by atoms with E-state index >= 15 is 0 Å². The molecule has 0 radical (unpaired) electrons. The highest BCUT2D eigenvalue weighted by Crippen LogP contribution is 2.34. The number of pyridine rings is 1. The Labute approximate surface area is 155 Å². The molecule has 1 aliphatic rings. The van der Waals surface area contributed by atoms with E-state index in [1.54, 1.807) is 17.0 Å². The molecule has 0 saturated carbocycles. The van der Waals surface area contributed by atoms with Crippen LogP contribution in [0.2, 0.25) is 0 Å². The molecule has 2 heterocycles. The smallest absolute Gasteiger partial charge is 0.410 e. The van der Waals surface area contributed by atoms with Gasteiger partial charge in [-0.05, 0) is 59.1 Å². The van der Waals surface area contributed by atoms with Crippen LogP contribution in [0.5, 0.6) is 0 Å². The Morgan fingerprint density at radius 1 is 1.42 bits per heavy atom. The Bertz CT molecular complexity index is 771. The van der Waals surface area contributed by atoms with Crippen LogP contribution in [0, 0.1) is 5.92 Å². The van der Waals surface area contributed by atoms with Gasteiger partial charge in [-0.15, -0.1) is 0 Å². The molecular weight excluding hydrogens is 356 g/mol. The summed E-state index contributed by atoms with van der Waals surface area (Å²) in [5.41, 5.74) is -0.855.